The van der Waals surface area contributed by atoms with Crippen LogP contribution in [0, 0.1) is 0 Å². The molecule has 158 valence electrons. The summed E-state index contributed by atoms with van der Waals surface area (Å²) in [6.07, 6.45) is 3.90. The monoisotopic (exact) mass is 440 g/mol. The van der Waals surface area contributed by atoms with Crippen LogP contribution in [0.1, 0.15) is 23.5 Å². The quantitative estimate of drug-likeness (QED) is 0.461. The Morgan fingerprint density at radius 3 is 2.56 bits per heavy atom. The molecule has 2 aromatic carbocycles. The molecule has 2 aliphatic heterocycles. The van der Waals surface area contributed by atoms with Gasteiger partial charge in [-0.25, -0.2) is 0 Å². The lowest BCUT2D eigenvalue weighted by molar-refractivity contribution is 0.174. The van der Waals surface area contributed by atoms with Gasteiger partial charge in [0.2, 0.25) is 6.79 Å². The topological polar surface area (TPSA) is 51.6 Å². The van der Waals surface area contributed by atoms with E-state index < -0.39 is 0 Å². The first kappa shape index (κ1) is 18.9. The highest BCUT2D eigenvalue weighted by Gasteiger charge is 2.42. The number of ether oxygens (including phenoxy) is 2. The smallest absolute Gasteiger partial charge is 0.231 e. The third-order valence-electron chi connectivity index (χ3n) is 5.85. The Hall–Kier alpha value is -3.84. The molecule has 2 aromatic heterocycles. The molecule has 4 aromatic rings. The first-order chi connectivity index (χ1) is 15.8. The number of thiocarbonyl (C=S) groups is 1. The molecule has 6 rings (SSSR count). The van der Waals surface area contributed by atoms with Gasteiger partial charge in [-0.15, -0.1) is 0 Å². The maximum atomic E-state index is 5.84. The number of fused-ring (bicyclic) bond motifs is 1. The van der Waals surface area contributed by atoms with Crippen LogP contribution in [-0.2, 0) is 0 Å². The second-order valence-corrected chi connectivity index (χ2v) is 8.06. The molecule has 32 heavy (non-hydrogen) atoms. The number of nitrogens with one attached hydrogen (secondary N) is 1. The molecule has 0 amide bonds. The fourth-order valence-electron chi connectivity index (χ4n) is 4.43. The minimum absolute atomic E-state index is 0.118. The average Bonchev–Trinajstić information content (AvgIpc) is 3.57. The SMILES string of the molecule is S=C1N[C@H](c2ccccn2)[C@H](c2cccn2-c2ccccc2)N1c1ccc2c(c1)OCO2. The number of para-hydroxylation sites is 1. The first-order valence-electron chi connectivity index (χ1n) is 10.4. The zero-order valence-corrected chi connectivity index (χ0v) is 17.9. The van der Waals surface area contributed by atoms with Crippen molar-refractivity contribution in [2.75, 3.05) is 11.7 Å². The number of pyridine rings is 1. The van der Waals surface area contributed by atoms with Gasteiger partial charge in [-0.05, 0) is 60.7 Å². The van der Waals surface area contributed by atoms with Crippen molar-refractivity contribution in [1.29, 1.82) is 0 Å². The van der Waals surface area contributed by atoms with Gasteiger partial charge < -0.3 is 24.3 Å². The van der Waals surface area contributed by atoms with Crippen LogP contribution in [0.2, 0.25) is 0 Å². The summed E-state index contributed by atoms with van der Waals surface area (Å²) in [4.78, 5) is 6.79. The standard InChI is InChI=1S/C25H20N4O2S/c32-25-27-23(19-9-4-5-13-26-19)24(20-10-6-14-28(20)17-7-2-1-3-8-17)29(25)18-11-12-21-22(15-18)31-16-30-21/h1-15,23-24H,16H2,(H,27,32)/t23-,24+/m1/s1. The maximum absolute atomic E-state index is 5.84. The van der Waals surface area contributed by atoms with E-state index in [-0.39, 0.29) is 18.9 Å². The number of aromatic nitrogens is 2. The molecule has 2 aliphatic rings. The summed E-state index contributed by atoms with van der Waals surface area (Å²) in [6, 6.07) is 26.2. The van der Waals surface area contributed by atoms with Crippen molar-refractivity contribution >= 4 is 23.0 Å². The van der Waals surface area contributed by atoms with Crippen LogP contribution in [0.25, 0.3) is 5.69 Å². The van der Waals surface area contributed by atoms with Gasteiger partial charge in [-0.3, -0.25) is 4.98 Å². The van der Waals surface area contributed by atoms with Gasteiger partial charge in [0, 0.05) is 35.5 Å². The molecule has 2 atom stereocenters. The Balaban J connectivity index is 1.50. The molecule has 1 saturated heterocycles. The fraction of sp³-hybridized carbons (Fsp3) is 0.120. The third-order valence-corrected chi connectivity index (χ3v) is 6.16. The number of nitrogens with zero attached hydrogens (tertiary/aromatic N) is 3. The fourth-order valence-corrected chi connectivity index (χ4v) is 4.77. The molecule has 0 unspecified atom stereocenters. The van der Waals surface area contributed by atoms with Gasteiger partial charge in [-0.1, -0.05) is 24.3 Å². The molecule has 6 nitrogen and oxygen atoms in total. The van der Waals surface area contributed by atoms with E-state index in [1.807, 2.05) is 60.8 Å². The van der Waals surface area contributed by atoms with Crippen LogP contribution in [-0.4, -0.2) is 21.5 Å². The number of benzene rings is 2. The maximum Gasteiger partial charge on any atom is 0.231 e. The molecule has 1 fully saturated rings. The van der Waals surface area contributed by atoms with Gasteiger partial charge in [0.1, 0.15) is 6.04 Å². The van der Waals surface area contributed by atoms with Crippen LogP contribution in [0.15, 0.2) is 91.3 Å². The van der Waals surface area contributed by atoms with Crippen molar-refractivity contribution in [2.24, 2.45) is 0 Å². The summed E-state index contributed by atoms with van der Waals surface area (Å²) in [5.74, 6) is 1.47. The Kier molecular flexibility index (Phi) is 4.54. The summed E-state index contributed by atoms with van der Waals surface area (Å²) in [7, 11) is 0. The van der Waals surface area contributed by atoms with Crippen molar-refractivity contribution in [3.63, 3.8) is 0 Å². The van der Waals surface area contributed by atoms with Crippen molar-refractivity contribution in [3.8, 4) is 17.2 Å². The van der Waals surface area contributed by atoms with E-state index >= 15 is 0 Å². The third kappa shape index (κ3) is 3.09. The zero-order chi connectivity index (χ0) is 21.5. The van der Waals surface area contributed by atoms with E-state index in [4.69, 9.17) is 21.7 Å². The molecule has 0 radical (unpaired) electrons. The Labute approximate surface area is 191 Å². The van der Waals surface area contributed by atoms with Crippen molar-refractivity contribution < 1.29 is 9.47 Å². The minimum atomic E-state index is -0.119. The highest BCUT2D eigenvalue weighted by Crippen LogP contribution is 2.44. The molecule has 0 aliphatic carbocycles. The second-order valence-electron chi connectivity index (χ2n) is 7.67. The minimum Gasteiger partial charge on any atom is -0.454 e. The summed E-state index contributed by atoms with van der Waals surface area (Å²) in [6.45, 7) is 0.234. The van der Waals surface area contributed by atoms with Gasteiger partial charge in [0.15, 0.2) is 16.6 Å². The molecule has 0 spiro atoms. The number of hydrogen-bond acceptors (Lipinski definition) is 4. The van der Waals surface area contributed by atoms with Crippen LogP contribution in [0.5, 0.6) is 11.5 Å². The number of anilines is 1. The lowest BCUT2D eigenvalue weighted by atomic mass is 10.0. The lowest BCUT2D eigenvalue weighted by Crippen LogP contribution is -2.30. The second kappa shape index (κ2) is 7.69. The van der Waals surface area contributed by atoms with Gasteiger partial charge in [0.25, 0.3) is 0 Å². The normalized spacial score (nSPS) is 19.2. The molecular weight excluding hydrogens is 420 g/mol. The predicted molar refractivity (Wildman–Crippen MR) is 126 cm³/mol. The summed E-state index contributed by atoms with van der Waals surface area (Å²) in [5.41, 5.74) is 4.08. The van der Waals surface area contributed by atoms with E-state index in [9.17, 15) is 0 Å². The summed E-state index contributed by atoms with van der Waals surface area (Å²) in [5, 5.41) is 4.16. The molecule has 0 saturated carbocycles. The van der Waals surface area contributed by atoms with Crippen molar-refractivity contribution in [3.05, 3.63) is 103 Å². The van der Waals surface area contributed by atoms with E-state index in [2.05, 4.69) is 50.2 Å². The Morgan fingerprint density at radius 2 is 1.72 bits per heavy atom. The van der Waals surface area contributed by atoms with Gasteiger partial charge in [-0.2, -0.15) is 0 Å². The molecule has 7 heteroatoms. The highest BCUT2D eigenvalue weighted by molar-refractivity contribution is 7.80. The van der Waals surface area contributed by atoms with E-state index in [1.165, 1.54) is 0 Å². The van der Waals surface area contributed by atoms with Crippen LogP contribution >= 0.6 is 12.2 Å². The summed E-state index contributed by atoms with van der Waals surface area (Å²) < 4.78 is 13.3. The van der Waals surface area contributed by atoms with Gasteiger partial charge >= 0.3 is 0 Å². The number of hydrogen-bond donors (Lipinski definition) is 1. The van der Waals surface area contributed by atoms with Crippen LogP contribution in [0.4, 0.5) is 5.69 Å². The van der Waals surface area contributed by atoms with Gasteiger partial charge in [0.05, 0.1) is 11.7 Å². The average molecular weight is 441 g/mol. The molecule has 1 N–H and O–H groups in total. The van der Waals surface area contributed by atoms with Crippen LogP contribution in [0.3, 0.4) is 0 Å². The lowest BCUT2D eigenvalue weighted by Gasteiger charge is -2.29. The van der Waals surface area contributed by atoms with E-state index in [1.54, 1.807) is 0 Å². The largest absolute Gasteiger partial charge is 0.454 e. The van der Waals surface area contributed by atoms with Crippen molar-refractivity contribution in [2.45, 2.75) is 12.1 Å². The first-order valence-corrected chi connectivity index (χ1v) is 10.8. The zero-order valence-electron chi connectivity index (χ0n) is 17.1. The Morgan fingerprint density at radius 1 is 0.875 bits per heavy atom. The van der Waals surface area contributed by atoms with E-state index in [0.717, 1.165) is 34.3 Å². The molecule has 0 bridgehead atoms. The summed E-state index contributed by atoms with van der Waals surface area (Å²) >= 11 is 5.84. The van der Waals surface area contributed by atoms with Crippen molar-refractivity contribution in [1.82, 2.24) is 14.9 Å². The van der Waals surface area contributed by atoms with E-state index in [0.29, 0.717) is 5.11 Å². The van der Waals surface area contributed by atoms with Crippen LogP contribution < -0.4 is 19.7 Å². The number of rotatable bonds is 4. The Bertz CT molecular complexity index is 1280. The highest BCUT2D eigenvalue weighted by atomic mass is 32.1. The molecular formula is C25H20N4O2S. The molecule has 4 heterocycles. The predicted octanol–water partition coefficient (Wildman–Crippen LogP) is 4.78.